The number of hydrogen-bond acceptors (Lipinski definition) is 6. The van der Waals surface area contributed by atoms with Crippen molar-refractivity contribution in [2.45, 2.75) is 25.8 Å². The maximum absolute atomic E-state index is 6.06. The van der Waals surface area contributed by atoms with Gasteiger partial charge in [0, 0.05) is 24.0 Å². The highest BCUT2D eigenvalue weighted by Gasteiger charge is 2.18. The van der Waals surface area contributed by atoms with Gasteiger partial charge in [-0.3, -0.25) is 4.98 Å². The normalized spacial score (nSPS) is 17.7. The van der Waals surface area contributed by atoms with Crippen LogP contribution >= 0.6 is 11.3 Å². The van der Waals surface area contributed by atoms with Gasteiger partial charge in [0.15, 0.2) is 5.82 Å². The summed E-state index contributed by atoms with van der Waals surface area (Å²) in [4.78, 5) is 13.4. The molecule has 0 aliphatic carbocycles. The van der Waals surface area contributed by atoms with Gasteiger partial charge in [0.2, 0.25) is 5.88 Å². The molecular formula is C17H18N4OS. The Labute approximate surface area is 138 Å². The molecule has 0 aromatic carbocycles. The summed E-state index contributed by atoms with van der Waals surface area (Å²) in [5, 5.41) is 5.56. The van der Waals surface area contributed by atoms with Crippen LogP contribution in [0.25, 0.3) is 21.6 Å². The van der Waals surface area contributed by atoms with E-state index >= 15 is 0 Å². The molecule has 118 valence electrons. The van der Waals surface area contributed by atoms with Crippen LogP contribution in [0.4, 0.5) is 0 Å². The highest BCUT2D eigenvalue weighted by molar-refractivity contribution is 7.17. The van der Waals surface area contributed by atoms with E-state index in [0.29, 0.717) is 24.4 Å². The average molecular weight is 326 g/mol. The van der Waals surface area contributed by atoms with Crippen LogP contribution < -0.4 is 10.1 Å². The zero-order valence-corrected chi connectivity index (χ0v) is 13.8. The van der Waals surface area contributed by atoms with Gasteiger partial charge in [0.1, 0.15) is 11.3 Å². The molecular weight excluding hydrogens is 308 g/mol. The predicted molar refractivity (Wildman–Crippen MR) is 91.9 cm³/mol. The fourth-order valence-electron chi connectivity index (χ4n) is 2.81. The highest BCUT2D eigenvalue weighted by Crippen LogP contribution is 2.33. The van der Waals surface area contributed by atoms with Crippen molar-refractivity contribution in [3.63, 3.8) is 0 Å². The van der Waals surface area contributed by atoms with E-state index in [9.17, 15) is 0 Å². The van der Waals surface area contributed by atoms with Crippen molar-refractivity contribution in [1.29, 1.82) is 0 Å². The lowest BCUT2D eigenvalue weighted by molar-refractivity contribution is 0.271. The minimum Gasteiger partial charge on any atom is -0.475 e. The molecule has 0 amide bonds. The predicted octanol–water partition coefficient (Wildman–Crippen LogP) is 3.19. The first-order chi connectivity index (χ1) is 11.3. The third-order valence-electron chi connectivity index (χ3n) is 4.08. The minimum atomic E-state index is 0.422. The van der Waals surface area contributed by atoms with Gasteiger partial charge in [-0.15, -0.1) is 11.3 Å². The summed E-state index contributed by atoms with van der Waals surface area (Å²) in [6.45, 7) is 3.80. The number of nitrogens with zero attached hydrogens (tertiary/aromatic N) is 3. The molecule has 23 heavy (non-hydrogen) atoms. The maximum atomic E-state index is 6.06. The Morgan fingerprint density at radius 3 is 2.96 bits per heavy atom. The number of aromatic nitrogens is 3. The molecule has 1 aliphatic rings. The van der Waals surface area contributed by atoms with Crippen LogP contribution in [0.15, 0.2) is 29.9 Å². The van der Waals surface area contributed by atoms with Crippen molar-refractivity contribution >= 4 is 21.6 Å². The van der Waals surface area contributed by atoms with Crippen molar-refractivity contribution in [2.75, 3.05) is 13.2 Å². The van der Waals surface area contributed by atoms with Gasteiger partial charge in [0.25, 0.3) is 0 Å². The SMILES string of the molecule is Cc1csc2c(OCC3CCCN3)nc(-c3ccncc3)nc12. The van der Waals surface area contributed by atoms with Gasteiger partial charge in [-0.2, -0.15) is 4.98 Å². The molecule has 3 aromatic rings. The van der Waals surface area contributed by atoms with E-state index in [2.05, 4.69) is 27.6 Å². The van der Waals surface area contributed by atoms with Crippen LogP contribution in [0.2, 0.25) is 0 Å². The molecule has 4 heterocycles. The standard InChI is InChI=1S/C17H18N4OS/c1-11-10-23-15-14(11)20-16(12-4-7-18-8-5-12)21-17(15)22-9-13-3-2-6-19-13/h4-5,7-8,10,13,19H,2-3,6,9H2,1H3. The van der Waals surface area contributed by atoms with E-state index in [1.165, 1.54) is 6.42 Å². The van der Waals surface area contributed by atoms with Gasteiger partial charge in [0.05, 0.1) is 5.52 Å². The lowest BCUT2D eigenvalue weighted by Crippen LogP contribution is -2.28. The van der Waals surface area contributed by atoms with Gasteiger partial charge in [-0.25, -0.2) is 4.98 Å². The molecule has 0 bridgehead atoms. The molecule has 0 spiro atoms. The van der Waals surface area contributed by atoms with Crippen LogP contribution in [-0.2, 0) is 0 Å². The average Bonchev–Trinajstić information content (AvgIpc) is 3.24. The number of aryl methyl sites for hydroxylation is 1. The molecule has 1 unspecified atom stereocenters. The van der Waals surface area contributed by atoms with Gasteiger partial charge in [-0.1, -0.05) is 0 Å². The van der Waals surface area contributed by atoms with Crippen LogP contribution in [0.1, 0.15) is 18.4 Å². The molecule has 0 radical (unpaired) electrons. The first-order valence-electron chi connectivity index (χ1n) is 7.83. The second-order valence-electron chi connectivity index (χ2n) is 5.79. The summed E-state index contributed by atoms with van der Waals surface area (Å²) in [5.74, 6) is 1.38. The molecule has 6 heteroatoms. The van der Waals surface area contributed by atoms with E-state index in [1.807, 2.05) is 12.1 Å². The second-order valence-corrected chi connectivity index (χ2v) is 6.67. The molecule has 4 rings (SSSR count). The Hall–Kier alpha value is -2.05. The third-order valence-corrected chi connectivity index (χ3v) is 5.16. The summed E-state index contributed by atoms with van der Waals surface area (Å²) in [5.41, 5.74) is 3.09. The molecule has 3 aromatic heterocycles. The number of rotatable bonds is 4. The molecule has 1 N–H and O–H groups in total. The first-order valence-corrected chi connectivity index (χ1v) is 8.71. The quantitative estimate of drug-likeness (QED) is 0.798. The van der Waals surface area contributed by atoms with E-state index in [4.69, 9.17) is 9.72 Å². The van der Waals surface area contributed by atoms with E-state index in [1.54, 1.807) is 23.7 Å². The number of fused-ring (bicyclic) bond motifs is 1. The Balaban J connectivity index is 1.72. The van der Waals surface area contributed by atoms with Crippen molar-refractivity contribution < 1.29 is 4.74 Å². The molecule has 1 atom stereocenters. The van der Waals surface area contributed by atoms with E-state index < -0.39 is 0 Å². The van der Waals surface area contributed by atoms with Gasteiger partial charge >= 0.3 is 0 Å². The zero-order valence-electron chi connectivity index (χ0n) is 13.0. The zero-order chi connectivity index (χ0) is 15.6. The number of hydrogen-bond donors (Lipinski definition) is 1. The molecule has 1 saturated heterocycles. The Kier molecular flexibility index (Phi) is 3.93. The maximum Gasteiger partial charge on any atom is 0.235 e. The van der Waals surface area contributed by atoms with Gasteiger partial charge < -0.3 is 10.1 Å². The Morgan fingerprint density at radius 2 is 2.17 bits per heavy atom. The van der Waals surface area contributed by atoms with Crippen LogP contribution in [0.5, 0.6) is 5.88 Å². The second kappa shape index (κ2) is 6.22. The fraction of sp³-hybridized carbons (Fsp3) is 0.353. The summed E-state index contributed by atoms with van der Waals surface area (Å²) >= 11 is 1.64. The van der Waals surface area contributed by atoms with Crippen LogP contribution in [0, 0.1) is 6.92 Å². The number of ether oxygens (including phenoxy) is 1. The minimum absolute atomic E-state index is 0.422. The summed E-state index contributed by atoms with van der Waals surface area (Å²) < 4.78 is 7.09. The van der Waals surface area contributed by atoms with Crippen LogP contribution in [0.3, 0.4) is 0 Å². The number of nitrogens with one attached hydrogen (secondary N) is 1. The van der Waals surface area contributed by atoms with Crippen molar-refractivity contribution in [3.05, 3.63) is 35.5 Å². The van der Waals surface area contributed by atoms with Crippen molar-refractivity contribution in [3.8, 4) is 17.3 Å². The van der Waals surface area contributed by atoms with Crippen molar-refractivity contribution in [2.24, 2.45) is 0 Å². The Bertz CT molecular complexity index is 812. The van der Waals surface area contributed by atoms with E-state index in [0.717, 1.165) is 34.3 Å². The Morgan fingerprint density at radius 1 is 1.30 bits per heavy atom. The molecule has 1 fully saturated rings. The first kappa shape index (κ1) is 14.5. The summed E-state index contributed by atoms with van der Waals surface area (Å²) in [6.07, 6.45) is 5.89. The largest absolute Gasteiger partial charge is 0.475 e. The monoisotopic (exact) mass is 326 g/mol. The van der Waals surface area contributed by atoms with Crippen LogP contribution in [-0.4, -0.2) is 34.1 Å². The third kappa shape index (κ3) is 2.92. The highest BCUT2D eigenvalue weighted by atomic mass is 32.1. The smallest absolute Gasteiger partial charge is 0.235 e. The lowest BCUT2D eigenvalue weighted by atomic mass is 10.2. The van der Waals surface area contributed by atoms with Gasteiger partial charge in [-0.05, 0) is 49.4 Å². The van der Waals surface area contributed by atoms with E-state index in [-0.39, 0.29) is 0 Å². The fourth-order valence-corrected chi connectivity index (χ4v) is 3.74. The summed E-state index contributed by atoms with van der Waals surface area (Å²) in [6, 6.07) is 4.27. The topological polar surface area (TPSA) is 59.9 Å². The number of thiophene rings is 1. The van der Waals surface area contributed by atoms with Crippen molar-refractivity contribution in [1.82, 2.24) is 20.3 Å². The molecule has 1 aliphatic heterocycles. The number of pyridine rings is 1. The lowest BCUT2D eigenvalue weighted by Gasteiger charge is -2.12. The summed E-state index contributed by atoms with van der Waals surface area (Å²) in [7, 11) is 0. The molecule has 0 saturated carbocycles. The molecule has 5 nitrogen and oxygen atoms in total.